The van der Waals surface area contributed by atoms with E-state index in [0.717, 1.165) is 39.8 Å². The van der Waals surface area contributed by atoms with Gasteiger partial charge in [-0.3, -0.25) is 0 Å². The Labute approximate surface area is 126 Å². The Morgan fingerprint density at radius 1 is 1.33 bits per heavy atom. The van der Waals surface area contributed by atoms with Crippen molar-refractivity contribution in [2.45, 2.75) is 20.3 Å². The maximum absolute atomic E-state index is 5.45. The first-order valence-electron chi connectivity index (χ1n) is 6.05. The van der Waals surface area contributed by atoms with Crippen molar-refractivity contribution in [1.29, 1.82) is 0 Å². The standard InChI is InChI=1S/C14H19Br2NO/c1-4-10(9-17-5-2)6-11-7-12(15)8-13(16)14(11)18-3/h6-8,17H,4-5,9H2,1-3H3. The molecule has 0 bridgehead atoms. The number of methoxy groups -OCH3 is 1. The fourth-order valence-corrected chi connectivity index (χ4v) is 3.11. The van der Waals surface area contributed by atoms with E-state index in [1.807, 2.05) is 6.07 Å². The molecule has 0 heterocycles. The van der Waals surface area contributed by atoms with Crippen LogP contribution in [0.1, 0.15) is 25.8 Å². The molecular formula is C14H19Br2NO. The molecule has 0 fully saturated rings. The van der Waals surface area contributed by atoms with Crippen molar-refractivity contribution < 1.29 is 4.74 Å². The van der Waals surface area contributed by atoms with E-state index in [1.54, 1.807) is 7.11 Å². The van der Waals surface area contributed by atoms with Gasteiger partial charge in [0.15, 0.2) is 0 Å². The zero-order valence-electron chi connectivity index (χ0n) is 11.0. The number of benzene rings is 1. The van der Waals surface area contributed by atoms with Gasteiger partial charge in [0.05, 0.1) is 11.6 Å². The van der Waals surface area contributed by atoms with Crippen LogP contribution in [0.4, 0.5) is 0 Å². The molecule has 4 heteroatoms. The number of hydrogen-bond acceptors (Lipinski definition) is 2. The third-order valence-corrected chi connectivity index (χ3v) is 3.70. The first-order valence-corrected chi connectivity index (χ1v) is 7.64. The second kappa shape index (κ2) is 7.97. The summed E-state index contributed by atoms with van der Waals surface area (Å²) in [5.74, 6) is 0.876. The zero-order valence-corrected chi connectivity index (χ0v) is 14.2. The van der Waals surface area contributed by atoms with Crippen LogP contribution >= 0.6 is 31.9 Å². The molecular weight excluding hydrogens is 358 g/mol. The van der Waals surface area contributed by atoms with Crippen molar-refractivity contribution in [3.8, 4) is 5.75 Å². The van der Waals surface area contributed by atoms with Gasteiger partial charge < -0.3 is 10.1 Å². The van der Waals surface area contributed by atoms with Gasteiger partial charge in [-0.25, -0.2) is 0 Å². The van der Waals surface area contributed by atoms with Gasteiger partial charge in [-0.15, -0.1) is 0 Å². The van der Waals surface area contributed by atoms with Crippen LogP contribution in [0.3, 0.4) is 0 Å². The molecule has 0 aliphatic rings. The van der Waals surface area contributed by atoms with Gasteiger partial charge in [-0.2, -0.15) is 0 Å². The fourth-order valence-electron chi connectivity index (χ4n) is 1.69. The normalized spacial score (nSPS) is 11.7. The highest BCUT2D eigenvalue weighted by atomic mass is 79.9. The lowest BCUT2D eigenvalue weighted by atomic mass is 10.1. The van der Waals surface area contributed by atoms with Gasteiger partial charge in [0.2, 0.25) is 0 Å². The van der Waals surface area contributed by atoms with Crippen LogP contribution in [-0.4, -0.2) is 20.2 Å². The smallest absolute Gasteiger partial charge is 0.140 e. The second-order valence-corrected chi connectivity index (χ2v) is 5.72. The summed E-state index contributed by atoms with van der Waals surface area (Å²) in [6, 6.07) is 4.07. The van der Waals surface area contributed by atoms with E-state index in [0.29, 0.717) is 0 Å². The van der Waals surface area contributed by atoms with Crippen molar-refractivity contribution in [3.63, 3.8) is 0 Å². The van der Waals surface area contributed by atoms with Crippen LogP contribution in [-0.2, 0) is 0 Å². The Kier molecular flexibility index (Phi) is 6.97. The molecule has 0 radical (unpaired) electrons. The Balaban J connectivity index is 3.10. The molecule has 18 heavy (non-hydrogen) atoms. The Hall–Kier alpha value is -0.320. The minimum atomic E-state index is 0.876. The lowest BCUT2D eigenvalue weighted by molar-refractivity contribution is 0.411. The SMILES string of the molecule is CCNCC(=Cc1cc(Br)cc(Br)c1OC)CC. The van der Waals surface area contributed by atoms with E-state index >= 15 is 0 Å². The number of rotatable bonds is 6. The van der Waals surface area contributed by atoms with Crippen molar-refractivity contribution in [2.24, 2.45) is 0 Å². The second-order valence-electron chi connectivity index (χ2n) is 3.95. The van der Waals surface area contributed by atoms with E-state index < -0.39 is 0 Å². The summed E-state index contributed by atoms with van der Waals surface area (Å²) in [5.41, 5.74) is 2.45. The molecule has 0 aliphatic carbocycles. The Bertz CT molecular complexity index is 430. The molecule has 0 aliphatic heterocycles. The van der Waals surface area contributed by atoms with Gasteiger partial charge in [-0.1, -0.05) is 41.4 Å². The summed E-state index contributed by atoms with van der Waals surface area (Å²) in [6.45, 7) is 6.18. The van der Waals surface area contributed by atoms with E-state index in [1.165, 1.54) is 5.57 Å². The fraction of sp³-hybridized carbons (Fsp3) is 0.429. The van der Waals surface area contributed by atoms with Crippen LogP contribution < -0.4 is 10.1 Å². The summed E-state index contributed by atoms with van der Waals surface area (Å²) in [7, 11) is 1.70. The molecule has 0 atom stereocenters. The first kappa shape index (κ1) is 15.7. The lowest BCUT2D eigenvalue weighted by Crippen LogP contribution is -2.15. The average molecular weight is 377 g/mol. The van der Waals surface area contributed by atoms with Gasteiger partial charge >= 0.3 is 0 Å². The van der Waals surface area contributed by atoms with Crippen LogP contribution in [0.5, 0.6) is 5.75 Å². The molecule has 100 valence electrons. The minimum absolute atomic E-state index is 0.876. The Morgan fingerprint density at radius 2 is 2.06 bits per heavy atom. The molecule has 0 saturated carbocycles. The molecule has 0 amide bonds. The number of halogens is 2. The highest BCUT2D eigenvalue weighted by Gasteiger charge is 2.08. The maximum Gasteiger partial charge on any atom is 0.140 e. The molecule has 0 spiro atoms. The quantitative estimate of drug-likeness (QED) is 0.781. The zero-order chi connectivity index (χ0) is 13.5. The van der Waals surface area contributed by atoms with Crippen LogP contribution in [0.25, 0.3) is 6.08 Å². The predicted octanol–water partition coefficient (Wildman–Crippen LogP) is 4.62. The molecule has 1 aromatic rings. The Morgan fingerprint density at radius 3 is 2.61 bits per heavy atom. The monoisotopic (exact) mass is 375 g/mol. The van der Waals surface area contributed by atoms with Gasteiger partial charge in [0, 0.05) is 16.6 Å². The average Bonchev–Trinajstić information content (AvgIpc) is 2.33. The summed E-state index contributed by atoms with van der Waals surface area (Å²) in [4.78, 5) is 0. The van der Waals surface area contributed by atoms with E-state index in [4.69, 9.17) is 4.74 Å². The number of ether oxygens (including phenoxy) is 1. The maximum atomic E-state index is 5.45. The molecule has 0 aromatic heterocycles. The molecule has 1 N–H and O–H groups in total. The predicted molar refractivity (Wildman–Crippen MR) is 85.2 cm³/mol. The van der Waals surface area contributed by atoms with Crippen molar-refractivity contribution in [1.82, 2.24) is 5.32 Å². The summed E-state index contributed by atoms with van der Waals surface area (Å²) in [5, 5.41) is 3.35. The summed E-state index contributed by atoms with van der Waals surface area (Å²) >= 11 is 7.03. The number of nitrogens with one attached hydrogen (secondary N) is 1. The van der Waals surface area contributed by atoms with Crippen molar-refractivity contribution in [2.75, 3.05) is 20.2 Å². The summed E-state index contributed by atoms with van der Waals surface area (Å²) < 4.78 is 7.45. The van der Waals surface area contributed by atoms with Crippen LogP contribution in [0.15, 0.2) is 26.7 Å². The van der Waals surface area contributed by atoms with Gasteiger partial charge in [0.1, 0.15) is 5.75 Å². The molecule has 1 aromatic carbocycles. The van der Waals surface area contributed by atoms with E-state index in [-0.39, 0.29) is 0 Å². The third-order valence-electron chi connectivity index (χ3n) is 2.66. The van der Waals surface area contributed by atoms with Gasteiger partial charge in [-0.05, 0) is 41.0 Å². The molecule has 2 nitrogen and oxygen atoms in total. The third kappa shape index (κ3) is 4.41. The minimum Gasteiger partial charge on any atom is -0.495 e. The van der Waals surface area contributed by atoms with Crippen molar-refractivity contribution in [3.05, 3.63) is 32.2 Å². The largest absolute Gasteiger partial charge is 0.495 e. The number of hydrogen-bond donors (Lipinski definition) is 1. The number of likely N-dealkylation sites (N-methyl/N-ethyl adjacent to an activating group) is 1. The lowest BCUT2D eigenvalue weighted by Gasteiger charge is -2.11. The van der Waals surface area contributed by atoms with Gasteiger partial charge in [0.25, 0.3) is 0 Å². The highest BCUT2D eigenvalue weighted by molar-refractivity contribution is 9.11. The van der Waals surface area contributed by atoms with Crippen LogP contribution in [0.2, 0.25) is 0 Å². The van der Waals surface area contributed by atoms with E-state index in [9.17, 15) is 0 Å². The van der Waals surface area contributed by atoms with E-state index in [2.05, 4.69) is 63.2 Å². The van der Waals surface area contributed by atoms with Crippen LogP contribution in [0, 0.1) is 0 Å². The first-order chi connectivity index (χ1) is 8.62. The molecule has 0 unspecified atom stereocenters. The molecule has 0 saturated heterocycles. The molecule has 1 rings (SSSR count). The van der Waals surface area contributed by atoms with Crippen molar-refractivity contribution >= 4 is 37.9 Å². The highest BCUT2D eigenvalue weighted by Crippen LogP contribution is 2.34. The summed E-state index contributed by atoms with van der Waals surface area (Å²) in [6.07, 6.45) is 3.22. The topological polar surface area (TPSA) is 21.3 Å².